The Labute approximate surface area is 189 Å². The first-order valence-electron chi connectivity index (χ1n) is 9.81. The summed E-state index contributed by atoms with van der Waals surface area (Å²) in [6.45, 7) is 1.25. The Hall–Kier alpha value is -3.82. The highest BCUT2D eigenvalue weighted by atomic mass is 19.4. The van der Waals surface area contributed by atoms with Crippen LogP contribution in [0, 0.1) is 6.92 Å². The molecule has 0 atom stereocenters. The standard InChI is InChI=1S/C24H17F6NO3/c1-11-9-12-6-4-8-15(33-2)16(12)18(19(11)24(28,29)30)21-20(32)17(22(31)34-21)13-5-3-7-14(10-13)23(25,26)27/h3-10,32H,31H2,1-2H3. The van der Waals surface area contributed by atoms with Gasteiger partial charge >= 0.3 is 12.4 Å². The van der Waals surface area contributed by atoms with Crippen LogP contribution in [0.5, 0.6) is 11.5 Å². The van der Waals surface area contributed by atoms with Crippen molar-refractivity contribution >= 4 is 16.7 Å². The van der Waals surface area contributed by atoms with Crippen molar-refractivity contribution in [2.45, 2.75) is 19.3 Å². The highest BCUT2D eigenvalue weighted by molar-refractivity contribution is 6.05. The van der Waals surface area contributed by atoms with Crippen molar-refractivity contribution in [3.8, 4) is 33.9 Å². The van der Waals surface area contributed by atoms with Gasteiger partial charge in [-0.3, -0.25) is 0 Å². The smallest absolute Gasteiger partial charge is 0.417 e. The number of aryl methyl sites for hydroxylation is 1. The van der Waals surface area contributed by atoms with Gasteiger partial charge in [0.15, 0.2) is 11.5 Å². The molecule has 4 nitrogen and oxygen atoms in total. The van der Waals surface area contributed by atoms with Crippen molar-refractivity contribution < 1.29 is 40.6 Å². The molecule has 0 bridgehead atoms. The van der Waals surface area contributed by atoms with Gasteiger partial charge in [-0.1, -0.05) is 30.3 Å². The summed E-state index contributed by atoms with van der Waals surface area (Å²) in [7, 11) is 1.27. The van der Waals surface area contributed by atoms with E-state index in [-0.39, 0.29) is 27.8 Å². The number of anilines is 1. The van der Waals surface area contributed by atoms with E-state index in [1.165, 1.54) is 32.2 Å². The van der Waals surface area contributed by atoms with Gasteiger partial charge in [0.05, 0.1) is 23.8 Å². The lowest BCUT2D eigenvalue weighted by molar-refractivity contribution is -0.138. The molecule has 4 aromatic rings. The van der Waals surface area contributed by atoms with Gasteiger partial charge in [0.25, 0.3) is 0 Å². The van der Waals surface area contributed by atoms with E-state index in [2.05, 4.69) is 0 Å². The van der Waals surface area contributed by atoms with Gasteiger partial charge < -0.3 is 20.0 Å². The van der Waals surface area contributed by atoms with Crippen molar-refractivity contribution in [3.63, 3.8) is 0 Å². The largest absolute Gasteiger partial charge is 0.504 e. The zero-order valence-electron chi connectivity index (χ0n) is 17.7. The van der Waals surface area contributed by atoms with E-state index >= 15 is 0 Å². The van der Waals surface area contributed by atoms with Crippen LogP contribution in [0.3, 0.4) is 0 Å². The lowest BCUT2D eigenvalue weighted by atomic mass is 9.91. The van der Waals surface area contributed by atoms with Crippen LogP contribution in [0.4, 0.5) is 32.2 Å². The first kappa shape index (κ1) is 23.3. The van der Waals surface area contributed by atoms with Crippen LogP contribution in [0.1, 0.15) is 16.7 Å². The number of furan rings is 1. The summed E-state index contributed by atoms with van der Waals surface area (Å²) in [6, 6.07) is 9.78. The van der Waals surface area contributed by atoms with Crippen LogP contribution in [-0.2, 0) is 12.4 Å². The fraction of sp³-hybridized carbons (Fsp3) is 0.167. The number of nitrogens with two attached hydrogens (primary N) is 1. The van der Waals surface area contributed by atoms with Crippen molar-refractivity contribution in [2.75, 3.05) is 12.8 Å². The molecule has 0 aliphatic heterocycles. The molecule has 4 rings (SSSR count). The number of halogens is 6. The molecule has 0 spiro atoms. The molecule has 0 fully saturated rings. The highest BCUT2D eigenvalue weighted by Gasteiger charge is 2.40. The first-order valence-corrected chi connectivity index (χ1v) is 9.81. The predicted molar refractivity (Wildman–Crippen MR) is 114 cm³/mol. The summed E-state index contributed by atoms with van der Waals surface area (Å²) >= 11 is 0. The normalized spacial score (nSPS) is 12.4. The van der Waals surface area contributed by atoms with Crippen LogP contribution >= 0.6 is 0 Å². The number of fused-ring (bicyclic) bond motifs is 1. The van der Waals surface area contributed by atoms with E-state index < -0.39 is 46.4 Å². The third-order valence-electron chi connectivity index (χ3n) is 5.44. The maximum Gasteiger partial charge on any atom is 0.417 e. The number of methoxy groups -OCH3 is 1. The van der Waals surface area contributed by atoms with Crippen LogP contribution < -0.4 is 10.5 Å². The fourth-order valence-electron chi connectivity index (χ4n) is 4.06. The summed E-state index contributed by atoms with van der Waals surface area (Å²) in [4.78, 5) is 0. The third-order valence-corrected chi connectivity index (χ3v) is 5.44. The van der Waals surface area contributed by atoms with Gasteiger partial charge in [-0.25, -0.2) is 0 Å². The summed E-state index contributed by atoms with van der Waals surface area (Å²) in [5.74, 6) is -1.91. The number of benzene rings is 3. The highest BCUT2D eigenvalue weighted by Crippen LogP contribution is 2.52. The van der Waals surface area contributed by atoms with Crippen molar-refractivity contribution in [1.82, 2.24) is 0 Å². The van der Waals surface area contributed by atoms with Gasteiger partial charge in [-0.2, -0.15) is 26.3 Å². The summed E-state index contributed by atoms with van der Waals surface area (Å²) in [6.07, 6.45) is -9.55. The molecule has 3 N–H and O–H groups in total. The molecule has 0 saturated carbocycles. The number of ether oxygens (including phenoxy) is 1. The Balaban J connectivity index is 2.10. The van der Waals surface area contributed by atoms with Gasteiger partial charge in [-0.15, -0.1) is 0 Å². The molecule has 10 heteroatoms. The van der Waals surface area contributed by atoms with Crippen LogP contribution in [-0.4, -0.2) is 12.2 Å². The van der Waals surface area contributed by atoms with Gasteiger partial charge in [-0.05, 0) is 41.6 Å². The minimum absolute atomic E-state index is 0.00238. The minimum atomic E-state index is -4.86. The zero-order valence-corrected chi connectivity index (χ0v) is 17.7. The van der Waals surface area contributed by atoms with E-state index in [0.29, 0.717) is 5.39 Å². The second-order valence-electron chi connectivity index (χ2n) is 7.60. The quantitative estimate of drug-likeness (QED) is 0.299. The summed E-state index contributed by atoms with van der Waals surface area (Å²) in [5, 5.41) is 11.3. The molecule has 0 saturated heterocycles. The zero-order chi connectivity index (χ0) is 25.0. The molecule has 0 amide bonds. The molecule has 1 aromatic heterocycles. The van der Waals surface area contributed by atoms with Crippen LogP contribution in [0.15, 0.2) is 52.9 Å². The number of hydrogen-bond acceptors (Lipinski definition) is 4. The molecule has 34 heavy (non-hydrogen) atoms. The Kier molecular flexibility index (Phi) is 5.42. The van der Waals surface area contributed by atoms with Gasteiger partial charge in [0.2, 0.25) is 5.88 Å². The van der Waals surface area contributed by atoms with E-state index in [1.807, 2.05) is 0 Å². The molecular weight excluding hydrogens is 464 g/mol. The summed E-state index contributed by atoms with van der Waals surface area (Å²) in [5.41, 5.74) is 2.55. The topological polar surface area (TPSA) is 68.6 Å². The monoisotopic (exact) mass is 481 g/mol. The number of aromatic hydroxyl groups is 1. The molecule has 0 aliphatic rings. The molecule has 0 radical (unpaired) electrons. The first-order chi connectivity index (χ1) is 15.8. The van der Waals surface area contributed by atoms with Crippen LogP contribution in [0.25, 0.3) is 33.2 Å². The van der Waals surface area contributed by atoms with Gasteiger partial charge in [0, 0.05) is 10.9 Å². The molecule has 3 aromatic carbocycles. The van der Waals surface area contributed by atoms with Crippen molar-refractivity contribution in [2.24, 2.45) is 0 Å². The number of alkyl halides is 6. The molecule has 0 unspecified atom stereocenters. The minimum Gasteiger partial charge on any atom is -0.504 e. The average Bonchev–Trinajstić information content (AvgIpc) is 3.04. The molecule has 1 heterocycles. The van der Waals surface area contributed by atoms with Crippen molar-refractivity contribution in [3.05, 3.63) is 65.2 Å². The fourth-order valence-corrected chi connectivity index (χ4v) is 4.06. The third kappa shape index (κ3) is 3.78. The number of rotatable bonds is 3. The van der Waals surface area contributed by atoms with E-state index in [9.17, 15) is 31.4 Å². The van der Waals surface area contributed by atoms with E-state index in [0.717, 1.165) is 18.2 Å². The lowest BCUT2D eigenvalue weighted by Crippen LogP contribution is -2.10. The Bertz CT molecular complexity index is 1400. The molecular formula is C24H17F6NO3. The second kappa shape index (κ2) is 7.89. The predicted octanol–water partition coefficient (Wildman–Crippen LogP) is 7.41. The van der Waals surface area contributed by atoms with Crippen molar-refractivity contribution in [1.29, 1.82) is 0 Å². The van der Waals surface area contributed by atoms with Gasteiger partial charge in [0.1, 0.15) is 5.75 Å². The van der Waals surface area contributed by atoms with Crippen LogP contribution in [0.2, 0.25) is 0 Å². The Morgan fingerprint density at radius 2 is 1.59 bits per heavy atom. The summed E-state index contributed by atoms with van der Waals surface area (Å²) < 4.78 is 92.8. The van der Waals surface area contributed by atoms with E-state index in [1.54, 1.807) is 12.1 Å². The number of hydrogen-bond donors (Lipinski definition) is 2. The molecule has 178 valence electrons. The van der Waals surface area contributed by atoms with E-state index in [4.69, 9.17) is 14.9 Å². The number of nitrogen functional groups attached to an aromatic ring is 1. The molecule has 0 aliphatic carbocycles. The Morgan fingerprint density at radius 1 is 0.912 bits per heavy atom. The average molecular weight is 481 g/mol. The SMILES string of the molecule is COc1cccc2cc(C)c(C(F)(F)F)c(-c3oc(N)c(-c4cccc(C(F)(F)F)c4)c3O)c12. The second-order valence-corrected chi connectivity index (χ2v) is 7.60. The maximum atomic E-state index is 14.2. The maximum absolute atomic E-state index is 14.2. The Morgan fingerprint density at radius 3 is 2.21 bits per heavy atom. The lowest BCUT2D eigenvalue weighted by Gasteiger charge is -2.19.